The molecule has 0 unspecified atom stereocenters. The predicted octanol–water partition coefficient (Wildman–Crippen LogP) is 2.20. The van der Waals surface area contributed by atoms with Crippen LogP contribution in [0.15, 0.2) is 29.5 Å². The Hall–Kier alpha value is -2.91. The van der Waals surface area contributed by atoms with E-state index in [1.807, 2.05) is 0 Å². The molecule has 0 spiro atoms. The molecule has 1 aromatic carbocycles. The number of nitriles is 3. The molecule has 0 aliphatic rings. The summed E-state index contributed by atoms with van der Waals surface area (Å²) in [6, 6.07) is 7.08. The Kier molecular flexibility index (Phi) is 3.76. The Morgan fingerprint density at radius 1 is 1.06 bits per heavy atom. The summed E-state index contributed by atoms with van der Waals surface area (Å²) in [5, 5.41) is 28.0. The zero-order valence-corrected chi connectivity index (χ0v) is 8.33. The molecule has 82 valence electrons. The quantitative estimate of drug-likeness (QED) is 0.789. The molecule has 6 heteroatoms. The molecule has 1 aromatic rings. The second-order valence-corrected chi connectivity index (χ2v) is 2.83. The molecule has 0 aliphatic carbocycles. The lowest BCUT2D eigenvalue weighted by Gasteiger charge is -2.05. The van der Waals surface area contributed by atoms with Crippen molar-refractivity contribution in [1.82, 2.24) is 0 Å². The summed E-state index contributed by atoms with van der Waals surface area (Å²) in [6.45, 7) is 0. The maximum Gasteiger partial charge on any atom is 0.163 e. The maximum atomic E-state index is 13.2. The number of allylic oxidation sites excluding steroid dienone is 2. The monoisotopic (exact) mass is 230 g/mol. The maximum absolute atomic E-state index is 13.2. The molecule has 4 nitrogen and oxygen atoms in total. The molecule has 0 saturated carbocycles. The molecule has 1 N–H and O–H groups in total. The fourth-order valence-electron chi connectivity index (χ4n) is 1.01. The largest absolute Gasteiger partial charge is 0.343 e. The molecular formula is C11H4F2N4. The van der Waals surface area contributed by atoms with Crippen molar-refractivity contribution in [1.29, 1.82) is 15.8 Å². The number of nitrogens with one attached hydrogen (secondary N) is 1. The molecule has 0 saturated heterocycles. The van der Waals surface area contributed by atoms with E-state index < -0.39 is 22.9 Å². The van der Waals surface area contributed by atoms with Gasteiger partial charge in [-0.1, -0.05) is 0 Å². The highest BCUT2D eigenvalue weighted by Gasteiger charge is 2.09. The number of halogens is 2. The van der Waals surface area contributed by atoms with Crippen LogP contribution in [-0.2, 0) is 0 Å². The normalized spacial score (nSPS) is 8.41. The van der Waals surface area contributed by atoms with Gasteiger partial charge in [-0.3, -0.25) is 0 Å². The summed E-state index contributed by atoms with van der Waals surface area (Å²) in [4.78, 5) is 0. The molecular weight excluding hydrogens is 226 g/mol. The Morgan fingerprint density at radius 2 is 1.71 bits per heavy atom. The van der Waals surface area contributed by atoms with E-state index in [0.29, 0.717) is 0 Å². The van der Waals surface area contributed by atoms with Gasteiger partial charge in [-0.15, -0.1) is 0 Å². The molecule has 0 aliphatic heterocycles. The Morgan fingerprint density at radius 3 is 2.24 bits per heavy atom. The number of rotatable bonds is 2. The molecule has 17 heavy (non-hydrogen) atoms. The van der Waals surface area contributed by atoms with Gasteiger partial charge in [0.1, 0.15) is 35.5 Å². The highest BCUT2D eigenvalue weighted by atomic mass is 19.1. The predicted molar refractivity (Wildman–Crippen MR) is 53.8 cm³/mol. The second-order valence-electron chi connectivity index (χ2n) is 2.83. The van der Waals surface area contributed by atoms with E-state index in [9.17, 15) is 8.78 Å². The molecule has 0 amide bonds. The van der Waals surface area contributed by atoms with Gasteiger partial charge in [-0.25, -0.2) is 8.78 Å². The van der Waals surface area contributed by atoms with Crippen LogP contribution < -0.4 is 5.32 Å². The fourth-order valence-corrected chi connectivity index (χ4v) is 1.01. The average Bonchev–Trinajstić information content (AvgIpc) is 2.33. The van der Waals surface area contributed by atoms with Crippen LogP contribution in [0.3, 0.4) is 0 Å². The summed E-state index contributed by atoms with van der Waals surface area (Å²) >= 11 is 0. The number of benzene rings is 1. The van der Waals surface area contributed by atoms with Crippen LogP contribution in [0.2, 0.25) is 0 Å². The van der Waals surface area contributed by atoms with E-state index in [2.05, 4.69) is 5.32 Å². The summed E-state index contributed by atoms with van der Waals surface area (Å²) in [5.41, 5.74) is -1.25. The third-order valence-electron chi connectivity index (χ3n) is 1.77. The van der Waals surface area contributed by atoms with Gasteiger partial charge >= 0.3 is 0 Å². The first-order valence-electron chi connectivity index (χ1n) is 4.29. The van der Waals surface area contributed by atoms with E-state index in [1.165, 1.54) is 18.2 Å². The van der Waals surface area contributed by atoms with Gasteiger partial charge in [0.25, 0.3) is 0 Å². The topological polar surface area (TPSA) is 83.4 Å². The minimum Gasteiger partial charge on any atom is -0.343 e. The van der Waals surface area contributed by atoms with Crippen molar-refractivity contribution >= 4 is 5.69 Å². The smallest absolute Gasteiger partial charge is 0.163 e. The number of hydrogen-bond donors (Lipinski definition) is 1. The van der Waals surface area contributed by atoms with Crippen LogP contribution in [0, 0.1) is 45.6 Å². The first-order chi connectivity index (χ1) is 8.12. The van der Waals surface area contributed by atoms with Crippen molar-refractivity contribution < 1.29 is 8.78 Å². The molecule has 0 atom stereocenters. The Labute approximate surface area is 95.6 Å². The SMILES string of the molecule is N#CC(C#N)=C(C#N)Nc1cc(F)ccc1F. The molecule has 0 bridgehead atoms. The van der Waals surface area contributed by atoms with E-state index in [1.54, 1.807) is 0 Å². The van der Waals surface area contributed by atoms with E-state index in [4.69, 9.17) is 15.8 Å². The number of hydrogen-bond acceptors (Lipinski definition) is 4. The minimum atomic E-state index is -0.797. The lowest BCUT2D eigenvalue weighted by atomic mass is 10.2. The molecule has 0 radical (unpaired) electrons. The van der Waals surface area contributed by atoms with Crippen LogP contribution in [0.4, 0.5) is 14.5 Å². The summed E-state index contributed by atoms with van der Waals surface area (Å²) in [7, 11) is 0. The third kappa shape index (κ3) is 2.77. The highest BCUT2D eigenvalue weighted by Crippen LogP contribution is 2.18. The van der Waals surface area contributed by atoms with Gasteiger partial charge in [0.2, 0.25) is 0 Å². The third-order valence-corrected chi connectivity index (χ3v) is 1.77. The fraction of sp³-hybridized carbons (Fsp3) is 0. The number of nitrogens with zero attached hydrogens (tertiary/aromatic N) is 3. The Bertz CT molecular complexity index is 583. The van der Waals surface area contributed by atoms with Crippen LogP contribution >= 0.6 is 0 Å². The van der Waals surface area contributed by atoms with Crippen molar-refractivity contribution in [3.05, 3.63) is 41.1 Å². The van der Waals surface area contributed by atoms with Gasteiger partial charge in [-0.05, 0) is 12.1 Å². The van der Waals surface area contributed by atoms with Gasteiger partial charge < -0.3 is 5.32 Å². The summed E-state index contributed by atoms with van der Waals surface area (Å²) < 4.78 is 26.0. The summed E-state index contributed by atoms with van der Waals surface area (Å²) in [5.74, 6) is -1.50. The van der Waals surface area contributed by atoms with E-state index >= 15 is 0 Å². The second kappa shape index (κ2) is 5.25. The minimum absolute atomic E-state index is 0.315. The first-order valence-corrected chi connectivity index (χ1v) is 4.29. The standard InChI is InChI=1S/C11H4F2N4/c12-8-1-2-9(13)10(3-8)17-11(6-16)7(4-14)5-15/h1-3,17H. The molecule has 1 rings (SSSR count). The molecule has 0 heterocycles. The van der Waals surface area contributed by atoms with Crippen LogP contribution in [0.25, 0.3) is 0 Å². The molecule has 0 aromatic heterocycles. The number of anilines is 1. The lowest BCUT2D eigenvalue weighted by molar-refractivity contribution is 0.603. The van der Waals surface area contributed by atoms with Crippen LogP contribution in [-0.4, -0.2) is 0 Å². The van der Waals surface area contributed by atoms with Gasteiger partial charge in [0.15, 0.2) is 5.57 Å². The van der Waals surface area contributed by atoms with Gasteiger partial charge in [-0.2, -0.15) is 15.8 Å². The van der Waals surface area contributed by atoms with Crippen molar-refractivity contribution in [2.24, 2.45) is 0 Å². The zero-order valence-electron chi connectivity index (χ0n) is 8.33. The van der Waals surface area contributed by atoms with Crippen molar-refractivity contribution in [2.45, 2.75) is 0 Å². The summed E-state index contributed by atoms with van der Waals surface area (Å²) in [6.07, 6.45) is 0. The average molecular weight is 230 g/mol. The first kappa shape index (κ1) is 12.2. The zero-order chi connectivity index (χ0) is 12.8. The van der Waals surface area contributed by atoms with E-state index in [-0.39, 0.29) is 5.69 Å². The van der Waals surface area contributed by atoms with E-state index in [0.717, 1.165) is 18.2 Å². The highest BCUT2D eigenvalue weighted by molar-refractivity contribution is 5.58. The van der Waals surface area contributed by atoms with Crippen molar-refractivity contribution in [3.63, 3.8) is 0 Å². The molecule has 0 fully saturated rings. The van der Waals surface area contributed by atoms with Gasteiger partial charge in [0.05, 0.1) is 5.69 Å². The van der Waals surface area contributed by atoms with Crippen LogP contribution in [0.1, 0.15) is 0 Å². The van der Waals surface area contributed by atoms with Crippen molar-refractivity contribution in [2.75, 3.05) is 5.32 Å². The van der Waals surface area contributed by atoms with Crippen LogP contribution in [0.5, 0.6) is 0 Å². The Balaban J connectivity index is 3.20. The van der Waals surface area contributed by atoms with Crippen molar-refractivity contribution in [3.8, 4) is 18.2 Å². The van der Waals surface area contributed by atoms with Gasteiger partial charge in [0, 0.05) is 6.07 Å². The lowest BCUT2D eigenvalue weighted by Crippen LogP contribution is -2.02.